The highest BCUT2D eigenvalue weighted by Crippen LogP contribution is 2.19. The molecule has 1 N–H and O–H groups in total. The van der Waals surface area contributed by atoms with Gasteiger partial charge in [-0.15, -0.1) is 0 Å². The van der Waals surface area contributed by atoms with Crippen molar-refractivity contribution in [3.05, 3.63) is 21.6 Å². The molecule has 2 rings (SSSR count). The Kier molecular flexibility index (Phi) is 4.24. The van der Waals surface area contributed by atoms with Gasteiger partial charge in [-0.05, 0) is 26.7 Å². The van der Waals surface area contributed by atoms with Crippen molar-refractivity contribution in [3.8, 4) is 0 Å². The van der Waals surface area contributed by atoms with Crippen LogP contribution >= 0.6 is 11.6 Å². The summed E-state index contributed by atoms with van der Waals surface area (Å²) in [6.45, 7) is 5.24. The van der Waals surface area contributed by atoms with Crippen molar-refractivity contribution < 1.29 is 4.74 Å². The van der Waals surface area contributed by atoms with Crippen molar-refractivity contribution in [2.45, 2.75) is 38.8 Å². The van der Waals surface area contributed by atoms with Crippen molar-refractivity contribution in [3.63, 3.8) is 0 Å². The van der Waals surface area contributed by atoms with Gasteiger partial charge in [-0.1, -0.05) is 11.6 Å². The molecule has 0 aliphatic carbocycles. The van der Waals surface area contributed by atoms with Gasteiger partial charge in [0.1, 0.15) is 5.02 Å². The van der Waals surface area contributed by atoms with Gasteiger partial charge in [-0.2, -0.15) is 5.10 Å². The number of ether oxygens (including phenoxy) is 1. The maximum Gasteiger partial charge on any atom is 0.287 e. The standard InChI is InChI=1S/C12H18ClN3O2/c1-8(2)16-12(17)11(13)10(6-14-16)15-9-4-3-5-18-7-9/h6,8-9,15H,3-5,7H2,1-2H3. The van der Waals surface area contributed by atoms with E-state index in [4.69, 9.17) is 16.3 Å². The predicted molar refractivity (Wildman–Crippen MR) is 71.4 cm³/mol. The minimum absolute atomic E-state index is 0.00191. The van der Waals surface area contributed by atoms with Gasteiger partial charge >= 0.3 is 0 Å². The van der Waals surface area contributed by atoms with Crippen LogP contribution in [0.2, 0.25) is 5.02 Å². The van der Waals surface area contributed by atoms with Crippen LogP contribution in [-0.2, 0) is 4.74 Å². The number of halogens is 1. The lowest BCUT2D eigenvalue weighted by atomic mass is 10.1. The van der Waals surface area contributed by atoms with E-state index in [0.29, 0.717) is 12.3 Å². The minimum atomic E-state index is -0.256. The molecule has 0 radical (unpaired) electrons. The van der Waals surface area contributed by atoms with E-state index in [2.05, 4.69) is 10.4 Å². The quantitative estimate of drug-likeness (QED) is 0.914. The summed E-state index contributed by atoms with van der Waals surface area (Å²) >= 11 is 6.09. The fraction of sp³-hybridized carbons (Fsp3) is 0.667. The van der Waals surface area contributed by atoms with Crippen LogP contribution < -0.4 is 10.9 Å². The molecule has 100 valence electrons. The Morgan fingerprint density at radius 3 is 3.00 bits per heavy atom. The van der Waals surface area contributed by atoms with Gasteiger partial charge in [0.05, 0.1) is 24.5 Å². The highest BCUT2D eigenvalue weighted by atomic mass is 35.5. The molecule has 1 aromatic rings. The monoisotopic (exact) mass is 271 g/mol. The maximum atomic E-state index is 12.0. The fourth-order valence-electron chi connectivity index (χ4n) is 1.99. The number of hydrogen-bond donors (Lipinski definition) is 1. The van der Waals surface area contributed by atoms with Crippen LogP contribution in [-0.4, -0.2) is 29.0 Å². The normalized spacial score (nSPS) is 20.1. The van der Waals surface area contributed by atoms with Gasteiger partial charge in [0, 0.05) is 12.6 Å². The molecule has 0 saturated carbocycles. The molecule has 0 bridgehead atoms. The summed E-state index contributed by atoms with van der Waals surface area (Å²) in [5, 5.41) is 7.54. The van der Waals surface area contributed by atoms with Gasteiger partial charge in [0.15, 0.2) is 0 Å². The average Bonchev–Trinajstić information content (AvgIpc) is 2.36. The van der Waals surface area contributed by atoms with Gasteiger partial charge in [0.25, 0.3) is 5.56 Å². The van der Waals surface area contributed by atoms with E-state index in [-0.39, 0.29) is 22.7 Å². The number of nitrogens with one attached hydrogen (secondary N) is 1. The zero-order valence-electron chi connectivity index (χ0n) is 10.6. The zero-order valence-corrected chi connectivity index (χ0v) is 11.4. The number of aromatic nitrogens is 2. The summed E-state index contributed by atoms with van der Waals surface area (Å²) in [7, 11) is 0. The molecule has 1 saturated heterocycles. The Bertz CT molecular complexity index is 467. The molecule has 18 heavy (non-hydrogen) atoms. The largest absolute Gasteiger partial charge is 0.379 e. The molecular formula is C12H18ClN3O2. The second-order valence-electron chi connectivity index (χ2n) is 4.77. The Morgan fingerprint density at radius 2 is 2.39 bits per heavy atom. The van der Waals surface area contributed by atoms with Crippen molar-refractivity contribution >= 4 is 17.3 Å². The highest BCUT2D eigenvalue weighted by molar-refractivity contribution is 6.32. The van der Waals surface area contributed by atoms with E-state index < -0.39 is 0 Å². The lowest BCUT2D eigenvalue weighted by Crippen LogP contribution is -2.32. The van der Waals surface area contributed by atoms with Crippen molar-refractivity contribution in [1.82, 2.24) is 9.78 Å². The molecule has 1 aliphatic heterocycles. The number of hydrogen-bond acceptors (Lipinski definition) is 4. The van der Waals surface area contributed by atoms with Crippen molar-refractivity contribution in [1.29, 1.82) is 0 Å². The summed E-state index contributed by atoms with van der Waals surface area (Å²) < 4.78 is 6.76. The second-order valence-corrected chi connectivity index (χ2v) is 5.15. The van der Waals surface area contributed by atoms with Crippen LogP contribution in [0.1, 0.15) is 32.7 Å². The van der Waals surface area contributed by atoms with E-state index in [0.717, 1.165) is 19.4 Å². The van der Waals surface area contributed by atoms with E-state index in [1.165, 1.54) is 4.68 Å². The first-order valence-electron chi connectivity index (χ1n) is 6.21. The summed E-state index contributed by atoms with van der Waals surface area (Å²) in [5.74, 6) is 0. The lowest BCUT2D eigenvalue weighted by Gasteiger charge is -2.24. The van der Waals surface area contributed by atoms with Crippen LogP contribution in [0.3, 0.4) is 0 Å². The minimum Gasteiger partial charge on any atom is -0.379 e. The first-order chi connectivity index (χ1) is 8.59. The number of rotatable bonds is 3. The molecule has 2 heterocycles. The van der Waals surface area contributed by atoms with Crippen LogP contribution in [0.4, 0.5) is 5.69 Å². The van der Waals surface area contributed by atoms with Crippen molar-refractivity contribution in [2.24, 2.45) is 0 Å². The lowest BCUT2D eigenvalue weighted by molar-refractivity contribution is 0.0876. The summed E-state index contributed by atoms with van der Waals surface area (Å²) in [6, 6.07) is 0.203. The molecule has 1 aromatic heterocycles. The molecule has 1 atom stereocenters. The fourth-order valence-corrected chi connectivity index (χ4v) is 2.18. The van der Waals surface area contributed by atoms with Gasteiger partial charge < -0.3 is 10.1 Å². The molecule has 0 spiro atoms. The molecule has 6 heteroatoms. The maximum absolute atomic E-state index is 12.0. The van der Waals surface area contributed by atoms with E-state index in [1.807, 2.05) is 13.8 Å². The third-order valence-electron chi connectivity index (χ3n) is 2.95. The number of anilines is 1. The van der Waals surface area contributed by atoms with Crippen LogP contribution in [0.15, 0.2) is 11.0 Å². The Balaban J connectivity index is 2.19. The van der Waals surface area contributed by atoms with Crippen LogP contribution in [0.25, 0.3) is 0 Å². The Hall–Kier alpha value is -1.07. The highest BCUT2D eigenvalue weighted by Gasteiger charge is 2.17. The SMILES string of the molecule is CC(C)n1ncc(NC2CCCOC2)c(Cl)c1=O. The molecule has 1 fully saturated rings. The van der Waals surface area contributed by atoms with E-state index in [9.17, 15) is 4.79 Å². The molecule has 1 aliphatic rings. The summed E-state index contributed by atoms with van der Waals surface area (Å²) in [4.78, 5) is 12.0. The summed E-state index contributed by atoms with van der Waals surface area (Å²) in [5.41, 5.74) is 0.336. The average molecular weight is 272 g/mol. The molecule has 5 nitrogen and oxygen atoms in total. The third kappa shape index (κ3) is 2.84. The second kappa shape index (κ2) is 5.71. The Labute approximate surface area is 111 Å². The van der Waals surface area contributed by atoms with Crippen molar-refractivity contribution in [2.75, 3.05) is 18.5 Å². The first-order valence-corrected chi connectivity index (χ1v) is 6.59. The predicted octanol–water partition coefficient (Wildman–Crippen LogP) is 2.07. The number of nitrogens with zero attached hydrogens (tertiary/aromatic N) is 2. The van der Waals surface area contributed by atoms with E-state index in [1.54, 1.807) is 6.20 Å². The third-order valence-corrected chi connectivity index (χ3v) is 3.32. The molecule has 0 aromatic carbocycles. The van der Waals surface area contributed by atoms with Gasteiger partial charge in [0.2, 0.25) is 0 Å². The van der Waals surface area contributed by atoms with Gasteiger partial charge in [-0.25, -0.2) is 4.68 Å². The Morgan fingerprint density at radius 1 is 1.61 bits per heavy atom. The zero-order chi connectivity index (χ0) is 13.1. The smallest absolute Gasteiger partial charge is 0.287 e. The molecule has 1 unspecified atom stereocenters. The van der Waals surface area contributed by atoms with Gasteiger partial charge in [-0.3, -0.25) is 4.79 Å². The van der Waals surface area contributed by atoms with E-state index >= 15 is 0 Å². The molecule has 0 amide bonds. The summed E-state index contributed by atoms with van der Waals surface area (Å²) in [6.07, 6.45) is 3.65. The van der Waals surface area contributed by atoms with Crippen LogP contribution in [0, 0.1) is 0 Å². The first kappa shape index (κ1) is 13.4. The van der Waals surface area contributed by atoms with Crippen LogP contribution in [0.5, 0.6) is 0 Å². The molecular weight excluding hydrogens is 254 g/mol. The topological polar surface area (TPSA) is 56.1 Å².